The van der Waals surface area contributed by atoms with Gasteiger partial charge in [0, 0.05) is 37.8 Å². The van der Waals surface area contributed by atoms with Gasteiger partial charge in [0.05, 0.1) is 16.4 Å². The van der Waals surface area contributed by atoms with Crippen LogP contribution in [0.25, 0.3) is 0 Å². The average molecular weight is 493 g/mol. The molecule has 0 radical (unpaired) electrons. The minimum absolute atomic E-state index is 0.00783. The lowest BCUT2D eigenvalue weighted by molar-refractivity contribution is -0.384. The molecule has 0 spiro atoms. The smallest absolute Gasteiger partial charge is 0.379 e. The fraction of sp³-hybridized carbons (Fsp3) is 0.391. The Kier molecular flexibility index (Phi) is 8.28. The number of alkyl halides is 3. The number of carbonyl (C=O) groups excluding carboxylic acids is 2. The van der Waals surface area contributed by atoms with E-state index in [0.717, 1.165) is 37.1 Å². The Balaban J connectivity index is 1.49. The topological polar surface area (TPSA) is 131 Å². The predicted octanol–water partition coefficient (Wildman–Crippen LogP) is 3.75. The van der Waals surface area contributed by atoms with Gasteiger partial charge in [-0.3, -0.25) is 24.6 Å². The summed E-state index contributed by atoms with van der Waals surface area (Å²) in [5.74, 6) is -0.782. The summed E-state index contributed by atoms with van der Waals surface area (Å²) >= 11 is 0. The van der Waals surface area contributed by atoms with E-state index < -0.39 is 22.4 Å². The number of likely N-dealkylation sites (tertiary alicyclic amines) is 1. The van der Waals surface area contributed by atoms with Crippen molar-refractivity contribution in [3.63, 3.8) is 0 Å². The van der Waals surface area contributed by atoms with Gasteiger partial charge in [-0.2, -0.15) is 13.2 Å². The van der Waals surface area contributed by atoms with Gasteiger partial charge in [-0.05, 0) is 49.2 Å². The van der Waals surface area contributed by atoms with Crippen molar-refractivity contribution < 1.29 is 27.7 Å². The molecule has 1 aliphatic heterocycles. The van der Waals surface area contributed by atoms with Crippen LogP contribution < -0.4 is 16.4 Å². The van der Waals surface area contributed by atoms with Crippen LogP contribution in [0.5, 0.6) is 0 Å². The third kappa shape index (κ3) is 7.41. The highest BCUT2D eigenvalue weighted by Gasteiger charge is 2.33. The molecule has 0 saturated carbocycles. The third-order valence-corrected chi connectivity index (χ3v) is 5.74. The molecule has 0 aliphatic carbocycles. The zero-order valence-corrected chi connectivity index (χ0v) is 18.8. The number of anilines is 2. The summed E-state index contributed by atoms with van der Waals surface area (Å²) in [6, 6.07) is 9.41. The van der Waals surface area contributed by atoms with Crippen molar-refractivity contribution in [3.8, 4) is 0 Å². The number of nitro groups is 1. The van der Waals surface area contributed by atoms with Crippen molar-refractivity contribution in [3.05, 3.63) is 63.7 Å². The van der Waals surface area contributed by atoms with E-state index in [0.29, 0.717) is 24.8 Å². The van der Waals surface area contributed by atoms with Gasteiger partial charge < -0.3 is 16.4 Å². The second kappa shape index (κ2) is 11.2. The summed E-state index contributed by atoms with van der Waals surface area (Å²) in [7, 11) is 0. The monoisotopic (exact) mass is 493 g/mol. The summed E-state index contributed by atoms with van der Waals surface area (Å²) in [6.07, 6.45) is -3.04. The molecule has 4 N–H and O–H groups in total. The molecule has 1 saturated heterocycles. The molecule has 0 aromatic heterocycles. The highest BCUT2D eigenvalue weighted by Crippen LogP contribution is 2.35. The van der Waals surface area contributed by atoms with Crippen molar-refractivity contribution in [2.24, 2.45) is 11.7 Å². The molecule has 2 aromatic rings. The van der Waals surface area contributed by atoms with Crippen LogP contribution in [-0.2, 0) is 22.3 Å². The molecule has 9 nitrogen and oxygen atoms in total. The number of nitrogens with one attached hydrogen (secondary N) is 2. The van der Waals surface area contributed by atoms with Gasteiger partial charge in [0.25, 0.3) is 5.69 Å². The number of primary amides is 1. The van der Waals surface area contributed by atoms with Crippen LogP contribution in [0.15, 0.2) is 42.5 Å². The fourth-order valence-corrected chi connectivity index (χ4v) is 3.93. The molecule has 188 valence electrons. The number of halogens is 3. The van der Waals surface area contributed by atoms with E-state index in [1.807, 2.05) is 12.1 Å². The van der Waals surface area contributed by atoms with Crippen molar-refractivity contribution in [2.45, 2.75) is 32.0 Å². The Bertz CT molecular complexity index is 1080. The Morgan fingerprint density at radius 2 is 1.89 bits per heavy atom. The number of amides is 2. The van der Waals surface area contributed by atoms with Crippen molar-refractivity contribution >= 4 is 28.9 Å². The number of rotatable bonds is 9. The van der Waals surface area contributed by atoms with Gasteiger partial charge in [0.2, 0.25) is 11.8 Å². The van der Waals surface area contributed by atoms with Crippen molar-refractivity contribution in [2.75, 3.05) is 30.3 Å². The van der Waals surface area contributed by atoms with Crippen LogP contribution in [0.2, 0.25) is 0 Å². The number of piperidine rings is 1. The molecular weight excluding hydrogens is 467 g/mol. The van der Waals surface area contributed by atoms with Gasteiger partial charge in [0.15, 0.2) is 0 Å². The zero-order chi connectivity index (χ0) is 25.6. The predicted molar refractivity (Wildman–Crippen MR) is 123 cm³/mol. The fourth-order valence-electron chi connectivity index (χ4n) is 3.93. The van der Waals surface area contributed by atoms with Crippen LogP contribution in [0, 0.1) is 16.0 Å². The summed E-state index contributed by atoms with van der Waals surface area (Å²) in [5, 5.41) is 16.5. The van der Waals surface area contributed by atoms with E-state index >= 15 is 0 Å². The number of nitro benzene ring substituents is 1. The maximum atomic E-state index is 12.8. The van der Waals surface area contributed by atoms with Gasteiger partial charge in [-0.1, -0.05) is 12.1 Å². The van der Waals surface area contributed by atoms with Gasteiger partial charge in [0.1, 0.15) is 5.69 Å². The van der Waals surface area contributed by atoms with Crippen LogP contribution in [0.3, 0.4) is 0 Å². The summed E-state index contributed by atoms with van der Waals surface area (Å²) in [6.45, 7) is 2.16. The Hall–Kier alpha value is -3.67. The molecule has 1 atom stereocenters. The quantitative estimate of drug-likeness (QED) is 0.360. The van der Waals surface area contributed by atoms with Crippen LogP contribution in [0.4, 0.5) is 30.2 Å². The minimum atomic E-state index is -4.70. The first-order valence-corrected chi connectivity index (χ1v) is 11.0. The lowest BCUT2D eigenvalue weighted by Gasteiger charge is -2.31. The molecule has 1 unspecified atom stereocenters. The highest BCUT2D eigenvalue weighted by molar-refractivity contribution is 5.91. The lowest BCUT2D eigenvalue weighted by atomic mass is 9.97. The first-order chi connectivity index (χ1) is 16.5. The van der Waals surface area contributed by atoms with Crippen LogP contribution >= 0.6 is 0 Å². The normalized spacial score (nSPS) is 16.5. The van der Waals surface area contributed by atoms with E-state index in [2.05, 4.69) is 15.5 Å². The van der Waals surface area contributed by atoms with E-state index in [4.69, 9.17) is 5.73 Å². The molecule has 1 fully saturated rings. The van der Waals surface area contributed by atoms with Gasteiger partial charge in [-0.25, -0.2) is 0 Å². The van der Waals surface area contributed by atoms with Crippen molar-refractivity contribution in [1.29, 1.82) is 0 Å². The van der Waals surface area contributed by atoms with Gasteiger partial charge >= 0.3 is 6.18 Å². The standard InChI is InChI=1S/C23H26F3N5O4/c24-23(25,26)17-5-8-19(20(12-17)31(34)35)28-10-9-21(32)29-18-6-3-15(4-7-18)13-30-11-1-2-16(14-30)22(27)33/h3-8,12,16,28H,1-2,9-11,13-14H2,(H2,27,33)(H,29,32). The molecule has 1 heterocycles. The Morgan fingerprint density at radius 3 is 2.51 bits per heavy atom. The molecule has 0 bridgehead atoms. The van der Waals surface area contributed by atoms with E-state index in [9.17, 15) is 32.9 Å². The van der Waals surface area contributed by atoms with Crippen LogP contribution in [-0.4, -0.2) is 41.3 Å². The molecule has 2 aromatic carbocycles. The van der Waals surface area contributed by atoms with Gasteiger partial charge in [-0.15, -0.1) is 0 Å². The molecule has 35 heavy (non-hydrogen) atoms. The molecule has 12 heteroatoms. The summed E-state index contributed by atoms with van der Waals surface area (Å²) in [4.78, 5) is 36.0. The van der Waals surface area contributed by atoms with E-state index in [-0.39, 0.29) is 36.4 Å². The third-order valence-electron chi connectivity index (χ3n) is 5.74. The molecular formula is C23H26F3N5O4. The number of benzene rings is 2. The first kappa shape index (κ1) is 25.9. The lowest BCUT2D eigenvalue weighted by Crippen LogP contribution is -2.40. The minimum Gasteiger partial charge on any atom is -0.379 e. The SMILES string of the molecule is NC(=O)C1CCCN(Cc2ccc(NC(=O)CCNc3ccc(C(F)(F)F)cc3[N+](=O)[O-])cc2)C1. The summed E-state index contributed by atoms with van der Waals surface area (Å²) < 4.78 is 38.4. The average Bonchev–Trinajstić information content (AvgIpc) is 2.80. The number of hydrogen-bond acceptors (Lipinski definition) is 6. The number of nitrogens with zero attached hydrogens (tertiary/aromatic N) is 2. The first-order valence-electron chi connectivity index (χ1n) is 11.0. The molecule has 3 rings (SSSR count). The largest absolute Gasteiger partial charge is 0.416 e. The maximum absolute atomic E-state index is 12.8. The zero-order valence-electron chi connectivity index (χ0n) is 18.8. The second-order valence-corrected chi connectivity index (χ2v) is 8.39. The Morgan fingerprint density at radius 1 is 1.17 bits per heavy atom. The highest BCUT2D eigenvalue weighted by atomic mass is 19.4. The van der Waals surface area contributed by atoms with Crippen molar-refractivity contribution in [1.82, 2.24) is 4.90 Å². The number of carbonyl (C=O) groups is 2. The molecule has 1 aliphatic rings. The Labute approximate surface area is 199 Å². The van der Waals surface area contributed by atoms with E-state index in [1.54, 1.807) is 12.1 Å². The second-order valence-electron chi connectivity index (χ2n) is 8.39. The molecule has 2 amide bonds. The number of nitrogens with two attached hydrogens (primary N) is 1. The summed E-state index contributed by atoms with van der Waals surface area (Å²) in [5.41, 5.74) is 5.06. The van der Waals surface area contributed by atoms with Crippen LogP contribution in [0.1, 0.15) is 30.4 Å². The van der Waals surface area contributed by atoms with E-state index in [1.165, 1.54) is 0 Å². The number of hydrogen-bond donors (Lipinski definition) is 3. The maximum Gasteiger partial charge on any atom is 0.416 e.